The largest absolute Gasteiger partial charge is 0.508 e. The molecular weight excluding hydrogens is 428 g/mol. The number of pyridine rings is 1. The predicted molar refractivity (Wildman–Crippen MR) is 119 cm³/mol. The molecule has 0 spiro atoms. The lowest BCUT2D eigenvalue weighted by Gasteiger charge is -2.37. The minimum atomic E-state index is -0.921. The SMILES string of the molecule is O=C(CC1=C(c2ccn3cc(CN4CC(CF)C4)nc3c2)c2ccc(O)cc2CCC1)OF. The standard InChI is InChI=1S/C25H25F2N3O3/c26-11-16-12-29(13-16)14-20-15-30-7-6-19(9-23(30)28-20)25-18(10-24(32)33-27)3-1-2-17-8-21(31)4-5-22(17)25/h4-9,15-16,31H,1-3,10-14H2. The highest BCUT2D eigenvalue weighted by molar-refractivity contribution is 5.88. The molecule has 5 rings (SSSR count). The van der Waals surface area contributed by atoms with Gasteiger partial charge in [0.25, 0.3) is 0 Å². The van der Waals surface area contributed by atoms with E-state index in [0.29, 0.717) is 13.0 Å². The van der Waals surface area contributed by atoms with Crippen LogP contribution in [0.1, 0.15) is 41.6 Å². The Morgan fingerprint density at radius 3 is 2.85 bits per heavy atom. The third kappa shape index (κ3) is 4.35. The zero-order valence-corrected chi connectivity index (χ0v) is 18.1. The Morgan fingerprint density at radius 1 is 1.21 bits per heavy atom. The maximum Gasteiger partial charge on any atom is 0.352 e. The summed E-state index contributed by atoms with van der Waals surface area (Å²) in [7, 11) is 0. The van der Waals surface area contributed by atoms with E-state index >= 15 is 0 Å². The summed E-state index contributed by atoms with van der Waals surface area (Å²) in [5.41, 5.74) is 6.10. The summed E-state index contributed by atoms with van der Waals surface area (Å²) < 4.78 is 27.2. The second-order valence-corrected chi connectivity index (χ2v) is 8.93. The summed E-state index contributed by atoms with van der Waals surface area (Å²) in [4.78, 5) is 22.2. The molecule has 0 unspecified atom stereocenters. The van der Waals surface area contributed by atoms with E-state index < -0.39 is 5.97 Å². The summed E-state index contributed by atoms with van der Waals surface area (Å²) >= 11 is 0. The van der Waals surface area contributed by atoms with Gasteiger partial charge in [-0.3, -0.25) is 14.2 Å². The molecule has 1 saturated heterocycles. The molecule has 3 aromatic rings. The van der Waals surface area contributed by atoms with Gasteiger partial charge < -0.3 is 9.51 Å². The van der Waals surface area contributed by atoms with E-state index in [1.54, 1.807) is 12.1 Å². The van der Waals surface area contributed by atoms with E-state index in [1.807, 2.05) is 35.0 Å². The molecule has 1 fully saturated rings. The molecule has 2 aliphatic rings. The Hall–Kier alpha value is -3.26. The van der Waals surface area contributed by atoms with Crippen LogP contribution in [0.25, 0.3) is 11.2 Å². The number of phenolic OH excluding ortho intramolecular Hbond substituents is 1. The number of hydrogen-bond acceptors (Lipinski definition) is 5. The normalized spacial score (nSPS) is 17.0. The van der Waals surface area contributed by atoms with Crippen LogP contribution in [0.5, 0.6) is 5.75 Å². The monoisotopic (exact) mass is 453 g/mol. The van der Waals surface area contributed by atoms with Crippen LogP contribution < -0.4 is 0 Å². The van der Waals surface area contributed by atoms with E-state index in [1.165, 1.54) is 0 Å². The van der Waals surface area contributed by atoms with E-state index in [0.717, 1.165) is 65.1 Å². The van der Waals surface area contributed by atoms with Gasteiger partial charge in [-0.25, -0.2) is 9.78 Å². The molecule has 0 atom stereocenters. The smallest absolute Gasteiger partial charge is 0.352 e. The minimum Gasteiger partial charge on any atom is -0.508 e. The van der Waals surface area contributed by atoms with Crippen molar-refractivity contribution in [2.75, 3.05) is 19.8 Å². The van der Waals surface area contributed by atoms with E-state index in [4.69, 9.17) is 4.98 Å². The summed E-state index contributed by atoms with van der Waals surface area (Å²) in [6.07, 6.45) is 5.89. The first-order valence-corrected chi connectivity index (χ1v) is 11.2. The average molecular weight is 453 g/mol. The third-order valence-electron chi connectivity index (χ3n) is 6.52. The Bertz CT molecular complexity index is 1230. The van der Waals surface area contributed by atoms with Crippen molar-refractivity contribution in [3.05, 3.63) is 70.7 Å². The van der Waals surface area contributed by atoms with Crippen molar-refractivity contribution >= 4 is 17.2 Å². The van der Waals surface area contributed by atoms with Gasteiger partial charge in [-0.15, -0.1) is 0 Å². The van der Waals surface area contributed by atoms with Crippen molar-refractivity contribution in [3.63, 3.8) is 0 Å². The number of imidazole rings is 1. The van der Waals surface area contributed by atoms with Gasteiger partial charge in [-0.2, -0.15) is 0 Å². The highest BCUT2D eigenvalue weighted by atomic mass is 19.3. The number of alkyl halides is 1. The van der Waals surface area contributed by atoms with Crippen molar-refractivity contribution < 1.29 is 23.8 Å². The Balaban J connectivity index is 1.53. The van der Waals surface area contributed by atoms with Crippen molar-refractivity contribution in [1.29, 1.82) is 0 Å². The number of carbonyl (C=O) groups excluding carboxylic acids is 1. The zero-order chi connectivity index (χ0) is 22.9. The van der Waals surface area contributed by atoms with E-state index in [-0.39, 0.29) is 24.8 Å². The first-order valence-electron chi connectivity index (χ1n) is 11.2. The van der Waals surface area contributed by atoms with Crippen LogP contribution in [0.3, 0.4) is 0 Å². The lowest BCUT2D eigenvalue weighted by atomic mass is 9.90. The molecule has 0 saturated carbocycles. The number of rotatable bonds is 6. The zero-order valence-electron chi connectivity index (χ0n) is 18.1. The number of hydrogen-bond donors (Lipinski definition) is 1. The second kappa shape index (κ2) is 8.94. The fourth-order valence-corrected chi connectivity index (χ4v) is 4.98. The number of fused-ring (bicyclic) bond motifs is 2. The first-order chi connectivity index (χ1) is 16.0. The number of aromatic hydroxyl groups is 1. The number of halogens is 2. The molecule has 0 amide bonds. The van der Waals surface area contributed by atoms with Gasteiger partial charge in [-0.05, 0) is 65.8 Å². The third-order valence-corrected chi connectivity index (χ3v) is 6.52. The fraction of sp³-hybridized carbons (Fsp3) is 0.360. The van der Waals surface area contributed by atoms with Crippen molar-refractivity contribution in [3.8, 4) is 5.75 Å². The van der Waals surface area contributed by atoms with Crippen LogP contribution in [-0.4, -0.2) is 45.1 Å². The molecule has 1 aromatic carbocycles. The number of benzene rings is 1. The van der Waals surface area contributed by atoms with Crippen molar-refractivity contribution in [1.82, 2.24) is 14.3 Å². The summed E-state index contributed by atoms with van der Waals surface area (Å²) in [6, 6.07) is 9.13. The molecule has 3 heterocycles. The Morgan fingerprint density at radius 2 is 2.06 bits per heavy atom. The number of aromatic nitrogens is 2. The second-order valence-electron chi connectivity index (χ2n) is 8.93. The highest BCUT2D eigenvalue weighted by Gasteiger charge is 2.27. The van der Waals surface area contributed by atoms with Gasteiger partial charge in [0.05, 0.1) is 18.8 Å². The molecule has 2 aromatic heterocycles. The van der Waals surface area contributed by atoms with Crippen molar-refractivity contribution in [2.24, 2.45) is 5.92 Å². The molecule has 6 nitrogen and oxygen atoms in total. The topological polar surface area (TPSA) is 67.1 Å². The number of nitrogens with zero attached hydrogens (tertiary/aromatic N) is 3. The van der Waals surface area contributed by atoms with Crippen molar-refractivity contribution in [2.45, 2.75) is 32.2 Å². The molecule has 1 aliphatic heterocycles. The summed E-state index contributed by atoms with van der Waals surface area (Å²) in [5.74, 6) is -0.603. The van der Waals surface area contributed by atoms with E-state index in [2.05, 4.69) is 9.84 Å². The average Bonchev–Trinajstić information content (AvgIpc) is 3.10. The first kappa shape index (κ1) is 21.6. The quantitative estimate of drug-likeness (QED) is 0.599. The molecule has 172 valence electrons. The molecule has 1 aliphatic carbocycles. The number of likely N-dealkylation sites (tertiary alicyclic amines) is 1. The van der Waals surface area contributed by atoms with Crippen LogP contribution in [0, 0.1) is 5.92 Å². The van der Waals surface area contributed by atoms with Gasteiger partial charge in [0.1, 0.15) is 11.4 Å². The van der Waals surface area contributed by atoms with Gasteiger partial charge in [0.15, 0.2) is 0 Å². The molecular formula is C25H25F2N3O3. The highest BCUT2D eigenvalue weighted by Crippen LogP contribution is 2.38. The minimum absolute atomic E-state index is 0.129. The van der Waals surface area contributed by atoms with E-state index in [9.17, 15) is 18.8 Å². The summed E-state index contributed by atoms with van der Waals surface area (Å²) in [5, 5.41) is 9.98. The Kier molecular flexibility index (Phi) is 5.85. The van der Waals surface area contributed by atoms with Gasteiger partial charge in [-0.1, -0.05) is 11.6 Å². The Labute approximate surface area is 190 Å². The molecule has 0 bridgehead atoms. The maximum atomic E-state index is 12.7. The number of carbonyl (C=O) groups is 1. The number of phenols is 1. The molecule has 33 heavy (non-hydrogen) atoms. The maximum absolute atomic E-state index is 12.7. The molecule has 1 N–H and O–H groups in total. The fourth-order valence-electron chi connectivity index (χ4n) is 4.98. The number of aryl methyl sites for hydroxylation is 1. The van der Waals surface area contributed by atoms with Gasteiger partial charge in [0.2, 0.25) is 0 Å². The van der Waals surface area contributed by atoms with Crippen LogP contribution in [0.15, 0.2) is 48.3 Å². The van der Waals surface area contributed by atoms with Crippen LogP contribution in [0.4, 0.5) is 8.92 Å². The van der Waals surface area contributed by atoms with Gasteiger partial charge in [0, 0.05) is 42.5 Å². The molecule has 0 radical (unpaired) electrons. The van der Waals surface area contributed by atoms with Gasteiger partial charge >= 0.3 is 5.97 Å². The van der Waals surface area contributed by atoms with Crippen LogP contribution in [0.2, 0.25) is 0 Å². The predicted octanol–water partition coefficient (Wildman–Crippen LogP) is 4.40. The molecule has 8 heteroatoms. The lowest BCUT2D eigenvalue weighted by Crippen LogP contribution is -2.46. The van der Waals surface area contributed by atoms with Crippen LogP contribution >= 0.6 is 0 Å². The lowest BCUT2D eigenvalue weighted by molar-refractivity contribution is -0.182. The summed E-state index contributed by atoms with van der Waals surface area (Å²) in [6.45, 7) is 1.89. The van der Waals surface area contributed by atoms with Crippen LogP contribution in [-0.2, 0) is 22.7 Å².